The molecule has 170 valence electrons. The van der Waals surface area contributed by atoms with E-state index in [1.54, 1.807) is 6.33 Å². The normalized spacial score (nSPS) is 18.5. The SMILES string of the molecule is CC(C)n1c(N2CCC(N3CCOCC3)CC2)nc2c(NCc3ccccc3)ncnc21. The van der Waals surface area contributed by atoms with Gasteiger partial charge in [0, 0.05) is 44.8 Å². The summed E-state index contributed by atoms with van der Waals surface area (Å²) in [6.45, 7) is 11.0. The molecule has 0 atom stereocenters. The lowest BCUT2D eigenvalue weighted by atomic mass is 10.0. The number of morpholine rings is 1. The van der Waals surface area contributed by atoms with Crippen molar-refractivity contribution in [3.63, 3.8) is 0 Å². The van der Waals surface area contributed by atoms with Crippen LogP contribution in [0.5, 0.6) is 0 Å². The maximum Gasteiger partial charge on any atom is 0.208 e. The Labute approximate surface area is 189 Å². The largest absolute Gasteiger partial charge is 0.379 e. The van der Waals surface area contributed by atoms with Crippen molar-refractivity contribution < 1.29 is 4.74 Å². The zero-order chi connectivity index (χ0) is 21.9. The minimum atomic E-state index is 0.267. The molecule has 2 aromatic heterocycles. The fraction of sp³-hybridized carbons (Fsp3) is 0.542. The number of hydrogen-bond donors (Lipinski definition) is 1. The molecule has 0 radical (unpaired) electrons. The Kier molecular flexibility index (Phi) is 6.23. The first-order chi connectivity index (χ1) is 15.7. The van der Waals surface area contributed by atoms with Gasteiger partial charge in [-0.1, -0.05) is 30.3 Å². The fourth-order valence-corrected chi connectivity index (χ4v) is 4.88. The van der Waals surface area contributed by atoms with Gasteiger partial charge < -0.3 is 15.0 Å². The summed E-state index contributed by atoms with van der Waals surface area (Å²) in [6.07, 6.45) is 3.96. The van der Waals surface area contributed by atoms with Gasteiger partial charge in [-0.05, 0) is 32.3 Å². The molecule has 2 fully saturated rings. The van der Waals surface area contributed by atoms with E-state index in [0.29, 0.717) is 12.6 Å². The molecular formula is C24H33N7O. The molecule has 0 amide bonds. The van der Waals surface area contributed by atoms with E-state index in [-0.39, 0.29) is 6.04 Å². The van der Waals surface area contributed by atoms with Crippen LogP contribution in [0, 0.1) is 0 Å². The Balaban J connectivity index is 1.37. The quantitative estimate of drug-likeness (QED) is 0.637. The minimum Gasteiger partial charge on any atom is -0.379 e. The molecule has 1 N–H and O–H groups in total. The molecular weight excluding hydrogens is 402 g/mol. The van der Waals surface area contributed by atoms with Crippen LogP contribution in [0.25, 0.3) is 11.2 Å². The molecule has 0 aliphatic carbocycles. The highest BCUT2D eigenvalue weighted by atomic mass is 16.5. The first-order valence-electron chi connectivity index (χ1n) is 11.8. The number of anilines is 2. The monoisotopic (exact) mass is 435 g/mol. The van der Waals surface area contributed by atoms with E-state index < -0.39 is 0 Å². The van der Waals surface area contributed by atoms with Crippen molar-refractivity contribution in [3.8, 4) is 0 Å². The van der Waals surface area contributed by atoms with Crippen LogP contribution in [-0.2, 0) is 11.3 Å². The second-order valence-corrected chi connectivity index (χ2v) is 8.98. The third-order valence-electron chi connectivity index (χ3n) is 6.59. The van der Waals surface area contributed by atoms with E-state index in [1.165, 1.54) is 5.56 Å². The highest BCUT2D eigenvalue weighted by molar-refractivity contribution is 5.85. The second kappa shape index (κ2) is 9.42. The molecule has 0 saturated carbocycles. The van der Waals surface area contributed by atoms with Gasteiger partial charge >= 0.3 is 0 Å². The highest BCUT2D eigenvalue weighted by Crippen LogP contribution is 2.31. The van der Waals surface area contributed by atoms with E-state index in [9.17, 15) is 0 Å². The smallest absolute Gasteiger partial charge is 0.208 e. The van der Waals surface area contributed by atoms with Crippen molar-refractivity contribution >= 4 is 22.9 Å². The summed E-state index contributed by atoms with van der Waals surface area (Å²) in [5.41, 5.74) is 2.96. The second-order valence-electron chi connectivity index (χ2n) is 8.98. The summed E-state index contributed by atoms with van der Waals surface area (Å²) in [5, 5.41) is 3.47. The van der Waals surface area contributed by atoms with Gasteiger partial charge in [0.15, 0.2) is 17.0 Å². The zero-order valence-corrected chi connectivity index (χ0v) is 19.1. The minimum absolute atomic E-state index is 0.267. The highest BCUT2D eigenvalue weighted by Gasteiger charge is 2.29. The number of benzene rings is 1. The van der Waals surface area contributed by atoms with E-state index in [4.69, 9.17) is 9.72 Å². The molecule has 8 nitrogen and oxygen atoms in total. The predicted molar refractivity (Wildman–Crippen MR) is 127 cm³/mol. The van der Waals surface area contributed by atoms with E-state index in [1.807, 2.05) is 6.07 Å². The number of fused-ring (bicyclic) bond motifs is 1. The molecule has 8 heteroatoms. The standard InChI is InChI=1S/C24H33N7O/c1-18(2)31-23-21(22(26-17-27-23)25-16-19-6-4-3-5-7-19)28-24(31)30-10-8-20(9-11-30)29-12-14-32-15-13-29/h3-7,17-18,20H,8-16H2,1-2H3,(H,25,26,27). The molecule has 2 aliphatic heterocycles. The molecule has 1 aromatic carbocycles. The third-order valence-corrected chi connectivity index (χ3v) is 6.59. The summed E-state index contributed by atoms with van der Waals surface area (Å²) in [4.78, 5) is 19.2. The van der Waals surface area contributed by atoms with Crippen LogP contribution >= 0.6 is 0 Å². The van der Waals surface area contributed by atoms with E-state index in [0.717, 1.165) is 75.2 Å². The number of piperidine rings is 1. The number of ether oxygens (including phenoxy) is 1. The van der Waals surface area contributed by atoms with Crippen molar-refractivity contribution in [2.24, 2.45) is 0 Å². The fourth-order valence-electron chi connectivity index (χ4n) is 4.88. The van der Waals surface area contributed by atoms with Crippen molar-refractivity contribution in [1.29, 1.82) is 0 Å². The van der Waals surface area contributed by atoms with Crippen LogP contribution in [0.1, 0.15) is 38.3 Å². The van der Waals surface area contributed by atoms with Gasteiger partial charge in [0.1, 0.15) is 6.33 Å². The van der Waals surface area contributed by atoms with Gasteiger partial charge in [0.2, 0.25) is 5.95 Å². The predicted octanol–water partition coefficient (Wildman–Crippen LogP) is 3.32. The van der Waals surface area contributed by atoms with Gasteiger partial charge in [-0.15, -0.1) is 0 Å². The van der Waals surface area contributed by atoms with Crippen LogP contribution in [0.4, 0.5) is 11.8 Å². The molecule has 2 saturated heterocycles. The van der Waals surface area contributed by atoms with Gasteiger partial charge in [-0.2, -0.15) is 0 Å². The van der Waals surface area contributed by atoms with Crippen molar-refractivity contribution in [2.75, 3.05) is 49.6 Å². The van der Waals surface area contributed by atoms with E-state index >= 15 is 0 Å². The summed E-state index contributed by atoms with van der Waals surface area (Å²) in [7, 11) is 0. The first kappa shape index (κ1) is 21.2. The number of nitrogens with zero attached hydrogens (tertiary/aromatic N) is 6. The molecule has 0 bridgehead atoms. The number of rotatable bonds is 6. The van der Waals surface area contributed by atoms with Crippen LogP contribution in [-0.4, -0.2) is 69.9 Å². The summed E-state index contributed by atoms with van der Waals surface area (Å²) >= 11 is 0. The number of aromatic nitrogens is 4. The molecule has 3 aromatic rings. The molecule has 4 heterocycles. The summed E-state index contributed by atoms with van der Waals surface area (Å²) in [6, 6.07) is 11.3. The first-order valence-corrected chi connectivity index (χ1v) is 11.8. The lowest BCUT2D eigenvalue weighted by molar-refractivity contribution is 0.0114. The van der Waals surface area contributed by atoms with Crippen LogP contribution < -0.4 is 10.2 Å². The Morgan fingerprint density at radius 1 is 1.03 bits per heavy atom. The number of nitrogens with one attached hydrogen (secondary N) is 1. The van der Waals surface area contributed by atoms with Gasteiger partial charge in [0.25, 0.3) is 0 Å². The summed E-state index contributed by atoms with van der Waals surface area (Å²) < 4.78 is 7.80. The van der Waals surface area contributed by atoms with Gasteiger partial charge in [0.05, 0.1) is 13.2 Å². The average molecular weight is 436 g/mol. The van der Waals surface area contributed by atoms with Crippen LogP contribution in [0.15, 0.2) is 36.7 Å². The zero-order valence-electron chi connectivity index (χ0n) is 19.1. The van der Waals surface area contributed by atoms with Gasteiger partial charge in [-0.3, -0.25) is 9.47 Å². The lowest BCUT2D eigenvalue weighted by Gasteiger charge is -2.40. The number of hydrogen-bond acceptors (Lipinski definition) is 7. The Morgan fingerprint density at radius 3 is 2.50 bits per heavy atom. The maximum absolute atomic E-state index is 5.53. The Hall–Kier alpha value is -2.71. The van der Waals surface area contributed by atoms with Crippen molar-refractivity contribution in [3.05, 3.63) is 42.2 Å². The van der Waals surface area contributed by atoms with Crippen molar-refractivity contribution in [1.82, 2.24) is 24.4 Å². The number of imidazole rings is 1. The summed E-state index contributed by atoms with van der Waals surface area (Å²) in [5.74, 6) is 1.81. The molecule has 5 rings (SSSR count). The Bertz CT molecular complexity index is 1020. The molecule has 32 heavy (non-hydrogen) atoms. The Morgan fingerprint density at radius 2 is 1.78 bits per heavy atom. The van der Waals surface area contributed by atoms with Crippen molar-refractivity contribution in [2.45, 2.75) is 45.3 Å². The molecule has 0 unspecified atom stereocenters. The van der Waals surface area contributed by atoms with Crippen LogP contribution in [0.2, 0.25) is 0 Å². The lowest BCUT2D eigenvalue weighted by Crippen LogP contribution is -2.49. The van der Waals surface area contributed by atoms with E-state index in [2.05, 4.69) is 67.8 Å². The third kappa shape index (κ3) is 4.29. The molecule has 0 spiro atoms. The topological polar surface area (TPSA) is 71.3 Å². The maximum atomic E-state index is 5.53. The average Bonchev–Trinajstić information content (AvgIpc) is 3.25. The molecule has 2 aliphatic rings. The van der Waals surface area contributed by atoms with Gasteiger partial charge in [-0.25, -0.2) is 15.0 Å². The van der Waals surface area contributed by atoms with Crippen LogP contribution in [0.3, 0.4) is 0 Å².